The highest BCUT2D eigenvalue weighted by Gasteiger charge is 2.41. The summed E-state index contributed by atoms with van der Waals surface area (Å²) < 4.78 is 0. The number of rotatable bonds is 2. The number of amides is 1. The van der Waals surface area contributed by atoms with E-state index in [4.69, 9.17) is 0 Å². The Morgan fingerprint density at radius 3 is 2.71 bits per heavy atom. The molecule has 1 amide bonds. The van der Waals surface area contributed by atoms with Crippen LogP contribution in [0.2, 0.25) is 0 Å². The largest absolute Gasteiger partial charge is 0.341 e. The second kappa shape index (κ2) is 3.89. The zero-order valence-corrected chi connectivity index (χ0v) is 9.12. The van der Waals surface area contributed by atoms with Crippen molar-refractivity contribution >= 4 is 5.91 Å². The van der Waals surface area contributed by atoms with Gasteiger partial charge in [0, 0.05) is 25.6 Å². The van der Waals surface area contributed by atoms with E-state index in [9.17, 15) is 4.79 Å². The standard InChI is InChI=1S/C11H20N2O/c1-8-6-10(8)11(14)13(2)9-4-3-5-12-7-9/h8-10,12H,3-7H2,1-2H3. The van der Waals surface area contributed by atoms with E-state index in [2.05, 4.69) is 12.2 Å². The molecular weight excluding hydrogens is 176 g/mol. The molecule has 2 aliphatic rings. The van der Waals surface area contributed by atoms with Crippen LogP contribution >= 0.6 is 0 Å². The minimum atomic E-state index is 0.335. The summed E-state index contributed by atoms with van der Waals surface area (Å²) in [7, 11) is 1.96. The first-order valence-electron chi connectivity index (χ1n) is 5.67. The molecule has 1 saturated carbocycles. The van der Waals surface area contributed by atoms with Crippen molar-refractivity contribution in [3.05, 3.63) is 0 Å². The van der Waals surface area contributed by atoms with Gasteiger partial charge in [-0.15, -0.1) is 0 Å². The highest BCUT2D eigenvalue weighted by Crippen LogP contribution is 2.39. The first kappa shape index (κ1) is 9.97. The summed E-state index contributed by atoms with van der Waals surface area (Å²) in [6.07, 6.45) is 3.46. The SMILES string of the molecule is CC1CC1C(=O)N(C)C1CCCNC1. The number of likely N-dealkylation sites (N-methyl/N-ethyl adjacent to an activating group) is 1. The van der Waals surface area contributed by atoms with Gasteiger partial charge < -0.3 is 10.2 Å². The quantitative estimate of drug-likeness (QED) is 0.710. The highest BCUT2D eigenvalue weighted by molar-refractivity contribution is 5.81. The first-order chi connectivity index (χ1) is 6.70. The number of hydrogen-bond donors (Lipinski definition) is 1. The minimum absolute atomic E-state index is 0.335. The number of nitrogens with one attached hydrogen (secondary N) is 1. The lowest BCUT2D eigenvalue weighted by Gasteiger charge is -2.31. The summed E-state index contributed by atoms with van der Waals surface area (Å²) in [5.74, 6) is 1.33. The topological polar surface area (TPSA) is 32.3 Å². The average Bonchev–Trinajstić information content (AvgIpc) is 2.95. The Morgan fingerprint density at radius 2 is 2.21 bits per heavy atom. The van der Waals surface area contributed by atoms with Gasteiger partial charge >= 0.3 is 0 Å². The zero-order chi connectivity index (χ0) is 10.1. The molecule has 3 atom stereocenters. The van der Waals surface area contributed by atoms with Gasteiger partial charge in [0.25, 0.3) is 0 Å². The van der Waals surface area contributed by atoms with Gasteiger partial charge in [0.05, 0.1) is 0 Å². The van der Waals surface area contributed by atoms with Crippen LogP contribution in [-0.4, -0.2) is 37.0 Å². The van der Waals surface area contributed by atoms with Crippen molar-refractivity contribution in [3.8, 4) is 0 Å². The Hall–Kier alpha value is -0.570. The summed E-state index contributed by atoms with van der Waals surface area (Å²) in [6, 6.07) is 0.434. The van der Waals surface area contributed by atoms with E-state index in [-0.39, 0.29) is 0 Å². The van der Waals surface area contributed by atoms with Gasteiger partial charge in [-0.1, -0.05) is 6.92 Å². The van der Waals surface area contributed by atoms with Gasteiger partial charge in [-0.25, -0.2) is 0 Å². The Bertz CT molecular complexity index is 223. The van der Waals surface area contributed by atoms with Crippen LogP contribution in [0, 0.1) is 11.8 Å². The molecule has 0 radical (unpaired) electrons. The van der Waals surface area contributed by atoms with Crippen molar-refractivity contribution in [2.24, 2.45) is 11.8 Å². The maximum atomic E-state index is 11.9. The van der Waals surface area contributed by atoms with E-state index in [0.29, 0.717) is 23.8 Å². The zero-order valence-electron chi connectivity index (χ0n) is 9.12. The molecule has 3 heteroatoms. The van der Waals surface area contributed by atoms with Gasteiger partial charge in [-0.2, -0.15) is 0 Å². The summed E-state index contributed by atoms with van der Waals surface area (Å²) in [5, 5.41) is 3.35. The third-order valence-electron chi connectivity index (χ3n) is 3.59. The fourth-order valence-electron chi connectivity index (χ4n) is 2.27. The lowest BCUT2D eigenvalue weighted by atomic mass is 10.1. The van der Waals surface area contributed by atoms with Crippen LogP contribution in [-0.2, 0) is 4.79 Å². The first-order valence-corrected chi connectivity index (χ1v) is 5.67. The van der Waals surface area contributed by atoms with E-state index in [0.717, 1.165) is 25.9 Å². The Labute approximate surface area is 85.8 Å². The van der Waals surface area contributed by atoms with E-state index in [1.807, 2.05) is 11.9 Å². The number of hydrogen-bond acceptors (Lipinski definition) is 2. The average molecular weight is 196 g/mol. The lowest BCUT2D eigenvalue weighted by Crippen LogP contribution is -2.47. The predicted molar refractivity (Wildman–Crippen MR) is 55.9 cm³/mol. The van der Waals surface area contributed by atoms with Crippen LogP contribution in [0.4, 0.5) is 0 Å². The molecule has 1 aliphatic heterocycles. The number of carbonyl (C=O) groups excluding carboxylic acids is 1. The van der Waals surface area contributed by atoms with Crippen LogP contribution in [0.1, 0.15) is 26.2 Å². The molecule has 80 valence electrons. The maximum absolute atomic E-state index is 11.9. The van der Waals surface area contributed by atoms with Gasteiger partial charge in [0.1, 0.15) is 0 Å². The number of piperidine rings is 1. The fraction of sp³-hybridized carbons (Fsp3) is 0.909. The molecule has 2 rings (SSSR count). The summed E-state index contributed by atoms with van der Waals surface area (Å²) in [4.78, 5) is 13.9. The molecule has 1 N–H and O–H groups in total. The van der Waals surface area contributed by atoms with E-state index < -0.39 is 0 Å². The fourth-order valence-corrected chi connectivity index (χ4v) is 2.27. The molecule has 1 heterocycles. The minimum Gasteiger partial charge on any atom is -0.341 e. The van der Waals surface area contributed by atoms with E-state index in [1.165, 1.54) is 6.42 Å². The van der Waals surface area contributed by atoms with E-state index >= 15 is 0 Å². The monoisotopic (exact) mass is 196 g/mol. The van der Waals surface area contributed by atoms with Crippen LogP contribution in [0.5, 0.6) is 0 Å². The maximum Gasteiger partial charge on any atom is 0.225 e. The summed E-state index contributed by atoms with van der Waals surface area (Å²) in [6.45, 7) is 4.25. The molecule has 1 saturated heterocycles. The summed E-state index contributed by atoms with van der Waals surface area (Å²) >= 11 is 0. The molecule has 0 bridgehead atoms. The van der Waals surface area contributed by atoms with Crippen molar-refractivity contribution in [1.82, 2.24) is 10.2 Å². The Morgan fingerprint density at radius 1 is 1.50 bits per heavy atom. The van der Waals surface area contributed by atoms with Crippen LogP contribution in [0.15, 0.2) is 0 Å². The van der Waals surface area contributed by atoms with Crippen molar-refractivity contribution in [2.45, 2.75) is 32.2 Å². The molecule has 14 heavy (non-hydrogen) atoms. The van der Waals surface area contributed by atoms with E-state index in [1.54, 1.807) is 0 Å². The second-order valence-corrected chi connectivity index (χ2v) is 4.77. The molecule has 2 fully saturated rings. The molecule has 0 spiro atoms. The van der Waals surface area contributed by atoms with Crippen LogP contribution < -0.4 is 5.32 Å². The smallest absolute Gasteiger partial charge is 0.225 e. The molecule has 3 unspecified atom stereocenters. The van der Waals surface area contributed by atoms with Gasteiger partial charge in [-0.3, -0.25) is 4.79 Å². The van der Waals surface area contributed by atoms with Crippen molar-refractivity contribution < 1.29 is 4.79 Å². The Kier molecular flexibility index (Phi) is 2.77. The summed E-state index contributed by atoms with van der Waals surface area (Å²) in [5.41, 5.74) is 0. The molecule has 0 aromatic carbocycles. The third kappa shape index (κ3) is 1.92. The third-order valence-corrected chi connectivity index (χ3v) is 3.59. The van der Waals surface area contributed by atoms with Gasteiger partial charge in [-0.05, 0) is 31.7 Å². The Balaban J connectivity index is 1.86. The van der Waals surface area contributed by atoms with Gasteiger partial charge in [0.2, 0.25) is 5.91 Å². The van der Waals surface area contributed by atoms with Crippen LogP contribution in [0.25, 0.3) is 0 Å². The molecule has 3 nitrogen and oxygen atoms in total. The molecule has 0 aromatic rings. The second-order valence-electron chi connectivity index (χ2n) is 4.77. The predicted octanol–water partition coefficient (Wildman–Crippen LogP) is 0.853. The normalized spacial score (nSPS) is 36.6. The molecular formula is C11H20N2O. The number of carbonyl (C=O) groups is 1. The highest BCUT2D eigenvalue weighted by atomic mass is 16.2. The lowest BCUT2D eigenvalue weighted by molar-refractivity contribution is -0.133. The van der Waals surface area contributed by atoms with Crippen LogP contribution in [0.3, 0.4) is 0 Å². The molecule has 1 aliphatic carbocycles. The van der Waals surface area contributed by atoms with Crippen molar-refractivity contribution in [2.75, 3.05) is 20.1 Å². The molecule has 0 aromatic heterocycles. The van der Waals surface area contributed by atoms with Crippen molar-refractivity contribution in [1.29, 1.82) is 0 Å². The number of nitrogens with zero attached hydrogens (tertiary/aromatic N) is 1. The van der Waals surface area contributed by atoms with Crippen molar-refractivity contribution in [3.63, 3.8) is 0 Å². The van der Waals surface area contributed by atoms with Gasteiger partial charge in [0.15, 0.2) is 0 Å².